The van der Waals surface area contributed by atoms with Crippen LogP contribution in [0.5, 0.6) is 0 Å². The molecule has 0 saturated heterocycles. The zero-order valence-corrected chi connectivity index (χ0v) is 16.2. The Morgan fingerprint density at radius 1 is 0.852 bits per heavy atom. The Kier molecular flexibility index (Phi) is 4.27. The number of nitrogens with one attached hydrogen (secondary N) is 4. The molecule has 3 heterocycles. The molecule has 8 heteroatoms. The highest BCUT2D eigenvalue weighted by Gasteiger charge is 2.30. The van der Waals surface area contributed by atoms with Crippen LogP contribution in [0.25, 0.3) is 11.3 Å². The van der Waals surface area contributed by atoms with Gasteiger partial charge in [-0.25, -0.2) is 0 Å². The minimum atomic E-state index is -0.633. The molecule has 27 heavy (non-hydrogen) atoms. The fourth-order valence-corrected chi connectivity index (χ4v) is 3.83. The Labute approximate surface area is 161 Å². The number of furan rings is 1. The van der Waals surface area contributed by atoms with E-state index in [0.717, 1.165) is 10.0 Å². The molecule has 138 valence electrons. The molecule has 0 aliphatic carbocycles. The largest absolute Gasteiger partial charge is 0.460 e. The third-order valence-electron chi connectivity index (χ3n) is 4.65. The summed E-state index contributed by atoms with van der Waals surface area (Å²) >= 11 is 3.52. The van der Waals surface area contributed by atoms with Crippen molar-refractivity contribution in [2.75, 3.05) is 0 Å². The molecule has 4 aromatic rings. The van der Waals surface area contributed by atoms with Crippen LogP contribution in [-0.4, -0.2) is 20.4 Å². The summed E-state index contributed by atoms with van der Waals surface area (Å²) in [4.78, 5) is 24.9. The Bertz CT molecular complexity index is 1170. The van der Waals surface area contributed by atoms with E-state index < -0.39 is 5.92 Å². The predicted molar refractivity (Wildman–Crippen MR) is 105 cm³/mol. The van der Waals surface area contributed by atoms with E-state index in [-0.39, 0.29) is 11.1 Å². The first-order valence-electron chi connectivity index (χ1n) is 8.36. The molecule has 0 atom stereocenters. The van der Waals surface area contributed by atoms with Crippen molar-refractivity contribution in [1.82, 2.24) is 20.4 Å². The van der Waals surface area contributed by atoms with E-state index in [1.54, 1.807) is 19.9 Å². The summed E-state index contributed by atoms with van der Waals surface area (Å²) in [5, 5.41) is 10.8. The fraction of sp³-hybridized carbons (Fsp3) is 0.158. The summed E-state index contributed by atoms with van der Waals surface area (Å²) in [5.41, 5.74) is 2.55. The predicted octanol–water partition coefficient (Wildman–Crippen LogP) is 3.54. The van der Waals surface area contributed by atoms with Crippen molar-refractivity contribution in [3.63, 3.8) is 0 Å². The molecule has 1 aromatic carbocycles. The molecule has 0 aliphatic rings. The molecule has 3 aromatic heterocycles. The van der Waals surface area contributed by atoms with Crippen molar-refractivity contribution < 1.29 is 4.42 Å². The van der Waals surface area contributed by atoms with Crippen LogP contribution in [0, 0.1) is 13.8 Å². The molecule has 0 bridgehead atoms. The average molecular weight is 429 g/mol. The van der Waals surface area contributed by atoms with E-state index in [9.17, 15) is 9.59 Å². The molecule has 0 spiro atoms. The molecule has 0 amide bonds. The molecule has 0 radical (unpaired) electrons. The molecule has 7 nitrogen and oxygen atoms in total. The van der Waals surface area contributed by atoms with Crippen molar-refractivity contribution in [3.8, 4) is 11.3 Å². The van der Waals surface area contributed by atoms with E-state index in [4.69, 9.17) is 4.42 Å². The Balaban J connectivity index is 1.93. The van der Waals surface area contributed by atoms with Crippen molar-refractivity contribution >= 4 is 15.9 Å². The molecular weight excluding hydrogens is 412 g/mol. The van der Waals surface area contributed by atoms with Gasteiger partial charge in [0.25, 0.3) is 11.1 Å². The molecule has 0 aliphatic heterocycles. The normalized spacial score (nSPS) is 11.4. The molecule has 0 saturated carbocycles. The van der Waals surface area contributed by atoms with Gasteiger partial charge in [0.1, 0.15) is 11.5 Å². The third kappa shape index (κ3) is 2.91. The Hall–Kier alpha value is -3.00. The number of hydrogen-bond acceptors (Lipinski definition) is 3. The molecular formula is C19H17BrN4O3. The lowest BCUT2D eigenvalue weighted by atomic mass is 9.89. The highest BCUT2D eigenvalue weighted by molar-refractivity contribution is 9.10. The maximum absolute atomic E-state index is 12.4. The maximum Gasteiger partial charge on any atom is 0.268 e. The van der Waals surface area contributed by atoms with Crippen molar-refractivity contribution in [3.05, 3.63) is 89.9 Å². The van der Waals surface area contributed by atoms with E-state index in [1.165, 1.54) is 0 Å². The summed E-state index contributed by atoms with van der Waals surface area (Å²) in [6, 6.07) is 11.3. The lowest BCUT2D eigenvalue weighted by molar-refractivity contribution is 0.513. The number of H-pyrrole nitrogens is 4. The topological polar surface area (TPSA) is 110 Å². The Morgan fingerprint density at radius 2 is 1.44 bits per heavy atom. The second-order valence-electron chi connectivity index (χ2n) is 6.35. The van der Waals surface area contributed by atoms with Gasteiger partial charge < -0.3 is 14.6 Å². The van der Waals surface area contributed by atoms with Crippen LogP contribution < -0.4 is 11.1 Å². The second-order valence-corrected chi connectivity index (χ2v) is 7.20. The third-order valence-corrected chi connectivity index (χ3v) is 5.34. The SMILES string of the molecule is Cc1[nH][nH]c(=O)c1C(c1ccc(-c2ccccc2Br)o1)c1c(C)[nH][nH]c1=O. The fourth-order valence-electron chi connectivity index (χ4n) is 3.35. The van der Waals surface area contributed by atoms with Crippen molar-refractivity contribution in [1.29, 1.82) is 0 Å². The van der Waals surface area contributed by atoms with Gasteiger partial charge in [-0.15, -0.1) is 0 Å². The number of aryl methyl sites for hydroxylation is 2. The minimum Gasteiger partial charge on any atom is -0.460 e. The van der Waals surface area contributed by atoms with Gasteiger partial charge in [-0.3, -0.25) is 19.8 Å². The summed E-state index contributed by atoms with van der Waals surface area (Å²) in [6.07, 6.45) is 0. The van der Waals surface area contributed by atoms with Gasteiger partial charge >= 0.3 is 0 Å². The summed E-state index contributed by atoms with van der Waals surface area (Å²) in [7, 11) is 0. The smallest absolute Gasteiger partial charge is 0.268 e. The highest BCUT2D eigenvalue weighted by Crippen LogP contribution is 2.36. The second kappa shape index (κ2) is 6.62. The molecule has 4 N–H and O–H groups in total. The number of hydrogen-bond donors (Lipinski definition) is 4. The van der Waals surface area contributed by atoms with Crippen LogP contribution in [0.3, 0.4) is 0 Å². The monoisotopic (exact) mass is 428 g/mol. The number of aromatic amines is 4. The zero-order valence-electron chi connectivity index (χ0n) is 14.6. The summed E-state index contributed by atoms with van der Waals surface area (Å²) in [5.74, 6) is 0.533. The maximum atomic E-state index is 12.4. The van der Waals surface area contributed by atoms with Gasteiger partial charge in [-0.2, -0.15) is 0 Å². The van der Waals surface area contributed by atoms with Crippen LogP contribution in [0.1, 0.15) is 34.2 Å². The first kappa shape index (κ1) is 17.4. The van der Waals surface area contributed by atoms with E-state index in [0.29, 0.717) is 34.0 Å². The average Bonchev–Trinajstić information content (AvgIpc) is 3.33. The van der Waals surface area contributed by atoms with Crippen molar-refractivity contribution in [2.45, 2.75) is 19.8 Å². The van der Waals surface area contributed by atoms with Gasteiger partial charge in [0.05, 0.1) is 17.0 Å². The van der Waals surface area contributed by atoms with Gasteiger partial charge in [0, 0.05) is 21.4 Å². The van der Waals surface area contributed by atoms with Crippen LogP contribution in [0.2, 0.25) is 0 Å². The first-order valence-corrected chi connectivity index (χ1v) is 9.15. The van der Waals surface area contributed by atoms with E-state index >= 15 is 0 Å². The lowest BCUT2D eigenvalue weighted by Gasteiger charge is -2.12. The number of rotatable bonds is 4. The van der Waals surface area contributed by atoms with Gasteiger partial charge in [0.15, 0.2) is 0 Å². The number of halogens is 1. The van der Waals surface area contributed by atoms with Crippen molar-refractivity contribution in [2.24, 2.45) is 0 Å². The van der Waals surface area contributed by atoms with Crippen LogP contribution in [0.15, 0.2) is 54.9 Å². The van der Waals surface area contributed by atoms with Gasteiger partial charge in [-0.05, 0) is 32.0 Å². The van der Waals surface area contributed by atoms with Crippen LogP contribution >= 0.6 is 15.9 Å². The summed E-state index contributed by atoms with van der Waals surface area (Å²) < 4.78 is 7.01. The molecule has 4 rings (SSSR count). The lowest BCUT2D eigenvalue weighted by Crippen LogP contribution is -2.19. The Morgan fingerprint density at radius 3 is 1.96 bits per heavy atom. The highest BCUT2D eigenvalue weighted by atomic mass is 79.9. The number of benzene rings is 1. The van der Waals surface area contributed by atoms with Gasteiger partial charge in [-0.1, -0.05) is 34.1 Å². The zero-order chi connectivity index (χ0) is 19.1. The van der Waals surface area contributed by atoms with Crippen LogP contribution in [-0.2, 0) is 0 Å². The van der Waals surface area contributed by atoms with E-state index in [1.807, 2.05) is 30.3 Å². The minimum absolute atomic E-state index is 0.281. The van der Waals surface area contributed by atoms with Gasteiger partial charge in [0.2, 0.25) is 0 Å². The number of aromatic nitrogens is 4. The molecule has 0 fully saturated rings. The summed E-state index contributed by atoms with van der Waals surface area (Å²) in [6.45, 7) is 3.57. The van der Waals surface area contributed by atoms with Crippen LogP contribution in [0.4, 0.5) is 0 Å². The van der Waals surface area contributed by atoms with E-state index in [2.05, 4.69) is 36.3 Å². The quantitative estimate of drug-likeness (QED) is 0.398. The molecule has 0 unspecified atom stereocenters. The standard InChI is InChI=1S/C19H17BrN4O3/c1-9-15(18(25)23-21-9)17(16-10(2)22-24-19(16)26)14-8-7-13(27-14)11-5-3-4-6-12(11)20/h3-8,17H,1-2H3,(H2,21,23,25)(H2,22,24,26). The first-order chi connectivity index (χ1) is 13.0.